The third-order valence-corrected chi connectivity index (χ3v) is 6.15. The number of amides is 1. The molecule has 0 radical (unpaired) electrons. The third-order valence-electron chi connectivity index (χ3n) is 5.77. The topological polar surface area (TPSA) is 109 Å². The first-order valence-electron chi connectivity index (χ1n) is 12.7. The molecule has 212 valence electrons. The van der Waals surface area contributed by atoms with Crippen LogP contribution in [0, 0.1) is 0 Å². The van der Waals surface area contributed by atoms with Crippen LogP contribution in [0.3, 0.4) is 0 Å². The molecule has 40 heavy (non-hydrogen) atoms. The molecule has 0 bridgehead atoms. The minimum Gasteiger partial charge on any atom is -0.497 e. The monoisotopic (exact) mass is 569 g/mol. The quantitative estimate of drug-likeness (QED) is 0.152. The minimum absolute atomic E-state index is 0.0405. The summed E-state index contributed by atoms with van der Waals surface area (Å²) in [6.45, 7) is 2.32. The van der Waals surface area contributed by atoms with Crippen molar-refractivity contribution < 1.29 is 38.1 Å². The van der Waals surface area contributed by atoms with Gasteiger partial charge in [-0.15, -0.1) is 0 Å². The molecule has 0 aliphatic carbocycles. The Morgan fingerprint density at radius 2 is 1.38 bits per heavy atom. The highest BCUT2D eigenvalue weighted by molar-refractivity contribution is 6.35. The van der Waals surface area contributed by atoms with E-state index >= 15 is 0 Å². The summed E-state index contributed by atoms with van der Waals surface area (Å²) in [5.41, 5.74) is 1.94. The van der Waals surface area contributed by atoms with Crippen molar-refractivity contribution in [3.8, 4) is 23.0 Å². The van der Waals surface area contributed by atoms with Crippen molar-refractivity contribution in [2.24, 2.45) is 0 Å². The summed E-state index contributed by atoms with van der Waals surface area (Å²) in [6.07, 6.45) is 0.228. The molecule has 0 heterocycles. The lowest BCUT2D eigenvalue weighted by Gasteiger charge is -2.17. The van der Waals surface area contributed by atoms with Crippen LogP contribution in [0.15, 0.2) is 60.7 Å². The van der Waals surface area contributed by atoms with Crippen molar-refractivity contribution in [2.45, 2.75) is 33.0 Å². The maximum atomic E-state index is 12.9. The fourth-order valence-corrected chi connectivity index (χ4v) is 3.88. The number of methoxy groups -OCH3 is 2. The van der Waals surface area contributed by atoms with Gasteiger partial charge in [-0.25, -0.2) is 4.79 Å². The molecule has 3 aromatic rings. The van der Waals surface area contributed by atoms with Gasteiger partial charge in [0.05, 0.1) is 31.4 Å². The number of benzene rings is 3. The molecule has 0 saturated carbocycles. The van der Waals surface area contributed by atoms with E-state index in [9.17, 15) is 14.4 Å². The van der Waals surface area contributed by atoms with Gasteiger partial charge in [0, 0.05) is 13.0 Å². The summed E-state index contributed by atoms with van der Waals surface area (Å²) >= 11 is 6.67. The SMILES string of the molecule is CCOC(=O)C(=O)CCCNC(=O)c1ccc(OCc2ccc(OC)cc2)c(OCc2ccc(OC)cc2)c1Cl. The largest absolute Gasteiger partial charge is 0.497 e. The molecule has 0 spiro atoms. The average Bonchev–Trinajstić information content (AvgIpc) is 2.98. The lowest BCUT2D eigenvalue weighted by molar-refractivity contribution is -0.153. The van der Waals surface area contributed by atoms with Gasteiger partial charge < -0.3 is 29.0 Å². The number of ketones is 1. The van der Waals surface area contributed by atoms with Crippen molar-refractivity contribution in [2.75, 3.05) is 27.4 Å². The second-order valence-electron chi connectivity index (χ2n) is 8.53. The van der Waals surface area contributed by atoms with Crippen molar-refractivity contribution in [1.82, 2.24) is 5.32 Å². The van der Waals surface area contributed by atoms with Gasteiger partial charge in [0.25, 0.3) is 5.91 Å². The Balaban J connectivity index is 1.72. The van der Waals surface area contributed by atoms with Crippen molar-refractivity contribution >= 4 is 29.3 Å². The highest BCUT2D eigenvalue weighted by atomic mass is 35.5. The first-order valence-corrected chi connectivity index (χ1v) is 13.1. The number of Topliss-reactive ketones (excluding diaryl/α,β-unsaturated/α-hetero) is 1. The first kappa shape index (κ1) is 30.3. The Hall–Kier alpha value is -4.24. The van der Waals surface area contributed by atoms with Gasteiger partial charge >= 0.3 is 5.97 Å². The fourth-order valence-electron chi connectivity index (χ4n) is 3.58. The molecule has 0 aliphatic heterocycles. The third kappa shape index (κ3) is 8.64. The van der Waals surface area contributed by atoms with E-state index in [1.807, 2.05) is 48.5 Å². The summed E-state index contributed by atoms with van der Waals surface area (Å²) in [5.74, 6) is 0.0675. The molecule has 0 atom stereocenters. The van der Waals surface area contributed by atoms with Crippen LogP contribution in [0.4, 0.5) is 0 Å². The first-order chi connectivity index (χ1) is 19.4. The standard InChI is InChI=1S/C30H32ClNO8/c1-4-38-30(35)25(33)6-5-17-32-29(34)24-15-16-26(39-18-20-7-11-22(36-2)12-8-20)28(27(24)31)40-19-21-9-13-23(37-3)14-10-21/h7-16H,4-6,17-19H2,1-3H3,(H,32,34). The second kappa shape index (κ2) is 15.4. The van der Waals surface area contributed by atoms with Crippen molar-refractivity contribution in [1.29, 1.82) is 0 Å². The van der Waals surface area contributed by atoms with E-state index in [1.165, 1.54) is 0 Å². The molecule has 1 amide bonds. The summed E-state index contributed by atoms with van der Waals surface area (Å²) < 4.78 is 27.2. The van der Waals surface area contributed by atoms with E-state index < -0.39 is 17.7 Å². The molecule has 0 aliphatic rings. The smallest absolute Gasteiger partial charge is 0.374 e. The van der Waals surface area contributed by atoms with Crippen LogP contribution in [0.2, 0.25) is 5.02 Å². The number of halogens is 1. The number of rotatable bonds is 15. The Bertz CT molecular complexity index is 1290. The summed E-state index contributed by atoms with van der Waals surface area (Å²) in [7, 11) is 3.19. The second-order valence-corrected chi connectivity index (χ2v) is 8.91. The van der Waals surface area contributed by atoms with Crippen LogP contribution < -0.4 is 24.3 Å². The number of esters is 1. The lowest BCUT2D eigenvalue weighted by Crippen LogP contribution is -2.26. The molecule has 1 N–H and O–H groups in total. The number of ether oxygens (including phenoxy) is 5. The zero-order valence-electron chi connectivity index (χ0n) is 22.7. The fraction of sp³-hybridized carbons (Fsp3) is 0.300. The molecule has 9 nitrogen and oxygen atoms in total. The van der Waals surface area contributed by atoms with Gasteiger partial charge in [0.1, 0.15) is 24.7 Å². The van der Waals surface area contributed by atoms with E-state index in [0.29, 0.717) is 11.5 Å². The Kier molecular flexibility index (Phi) is 11.6. The van der Waals surface area contributed by atoms with Gasteiger partial charge in [-0.05, 0) is 60.9 Å². The van der Waals surface area contributed by atoms with E-state index in [0.717, 1.165) is 16.9 Å². The van der Waals surface area contributed by atoms with Gasteiger partial charge in [-0.1, -0.05) is 35.9 Å². The van der Waals surface area contributed by atoms with Crippen LogP contribution in [-0.2, 0) is 27.5 Å². The predicted octanol–water partition coefficient (Wildman–Crippen LogP) is 5.16. The number of carbonyl (C=O) groups is 3. The Morgan fingerprint density at radius 1 is 0.800 bits per heavy atom. The van der Waals surface area contributed by atoms with Crippen molar-refractivity contribution in [3.63, 3.8) is 0 Å². The van der Waals surface area contributed by atoms with Crippen molar-refractivity contribution in [3.05, 3.63) is 82.4 Å². The summed E-state index contributed by atoms with van der Waals surface area (Å²) in [5, 5.41) is 2.80. The molecular formula is C30H32ClNO8. The molecule has 3 aromatic carbocycles. The van der Waals surface area contributed by atoms with E-state index in [-0.39, 0.29) is 55.5 Å². The highest BCUT2D eigenvalue weighted by Crippen LogP contribution is 2.39. The zero-order valence-corrected chi connectivity index (χ0v) is 23.4. The highest BCUT2D eigenvalue weighted by Gasteiger charge is 2.20. The molecule has 0 saturated heterocycles. The number of carbonyl (C=O) groups excluding carboxylic acids is 3. The average molecular weight is 570 g/mol. The predicted molar refractivity (Wildman–Crippen MR) is 149 cm³/mol. The van der Waals surface area contributed by atoms with Gasteiger partial charge in [0.15, 0.2) is 11.5 Å². The van der Waals surface area contributed by atoms with Crippen LogP contribution in [0.25, 0.3) is 0 Å². The molecule has 0 fully saturated rings. The van der Waals surface area contributed by atoms with E-state index in [2.05, 4.69) is 10.1 Å². The normalized spacial score (nSPS) is 10.4. The van der Waals surface area contributed by atoms with Gasteiger partial charge in [-0.2, -0.15) is 0 Å². The van der Waals surface area contributed by atoms with Gasteiger partial charge in [-0.3, -0.25) is 9.59 Å². The minimum atomic E-state index is -0.874. The Labute approximate surface area is 238 Å². The van der Waals surface area contributed by atoms with Crippen LogP contribution >= 0.6 is 11.6 Å². The summed E-state index contributed by atoms with van der Waals surface area (Å²) in [4.78, 5) is 36.1. The zero-order chi connectivity index (χ0) is 28.9. The van der Waals surface area contributed by atoms with E-state index in [1.54, 1.807) is 33.3 Å². The van der Waals surface area contributed by atoms with E-state index in [4.69, 9.17) is 30.5 Å². The molecule has 0 aromatic heterocycles. The van der Waals surface area contributed by atoms with Crippen LogP contribution in [-0.4, -0.2) is 45.0 Å². The summed E-state index contributed by atoms with van der Waals surface area (Å²) in [6, 6.07) is 18.0. The van der Waals surface area contributed by atoms with Crippen LogP contribution in [0.5, 0.6) is 23.0 Å². The number of nitrogens with one attached hydrogen (secondary N) is 1. The molecule has 3 rings (SSSR count). The molecule has 0 unspecified atom stereocenters. The number of hydrogen-bond donors (Lipinski definition) is 1. The molecule has 10 heteroatoms. The number of hydrogen-bond acceptors (Lipinski definition) is 8. The Morgan fingerprint density at radius 3 is 1.93 bits per heavy atom. The maximum absolute atomic E-state index is 12.9. The van der Waals surface area contributed by atoms with Gasteiger partial charge in [0.2, 0.25) is 5.78 Å². The molecular weight excluding hydrogens is 538 g/mol. The lowest BCUT2D eigenvalue weighted by atomic mass is 10.1. The maximum Gasteiger partial charge on any atom is 0.374 e. The van der Waals surface area contributed by atoms with Crippen LogP contribution in [0.1, 0.15) is 41.3 Å².